The lowest BCUT2D eigenvalue weighted by Gasteiger charge is -2.39. The van der Waals surface area contributed by atoms with E-state index in [4.69, 9.17) is 4.74 Å². The number of amides is 1. The molecule has 0 aromatic heterocycles. The minimum Gasteiger partial charge on any atom is -0.443 e. The molecule has 4 rings (SSSR count). The van der Waals surface area contributed by atoms with E-state index in [2.05, 4.69) is 0 Å². The molecule has 2 fully saturated rings. The molecule has 0 saturated carbocycles. The van der Waals surface area contributed by atoms with Crippen LogP contribution in [0.2, 0.25) is 0 Å². The van der Waals surface area contributed by atoms with Crippen LogP contribution in [0.25, 0.3) is 0 Å². The molecule has 1 N–H and O–H groups in total. The number of aliphatic hydroxyl groups is 1. The minimum absolute atomic E-state index is 0.261. The van der Waals surface area contributed by atoms with Gasteiger partial charge in [0.2, 0.25) is 0 Å². The van der Waals surface area contributed by atoms with Crippen molar-refractivity contribution >= 4 is 11.8 Å². The van der Waals surface area contributed by atoms with E-state index in [9.17, 15) is 27.5 Å². The first-order chi connectivity index (χ1) is 14.6. The average Bonchev–Trinajstić information content (AvgIpc) is 3.10. The third-order valence-corrected chi connectivity index (χ3v) is 5.88. The first kappa shape index (κ1) is 21.6. The smallest absolute Gasteiger partial charge is 0.416 e. The van der Waals surface area contributed by atoms with Crippen LogP contribution in [0.1, 0.15) is 24.0 Å². The maximum absolute atomic E-state index is 13.1. The number of hydrogen-bond donors (Lipinski definition) is 1. The van der Waals surface area contributed by atoms with Crippen LogP contribution >= 0.6 is 0 Å². The lowest BCUT2D eigenvalue weighted by molar-refractivity contribution is -0.137. The third-order valence-electron chi connectivity index (χ3n) is 5.88. The minimum atomic E-state index is -4.46. The Labute approximate surface area is 176 Å². The summed E-state index contributed by atoms with van der Waals surface area (Å²) < 4.78 is 57.5. The van der Waals surface area contributed by atoms with Crippen molar-refractivity contribution in [3.8, 4) is 0 Å². The van der Waals surface area contributed by atoms with Gasteiger partial charge in [0.1, 0.15) is 11.9 Å². The fourth-order valence-corrected chi connectivity index (χ4v) is 4.12. The second-order valence-corrected chi connectivity index (χ2v) is 8.00. The molecule has 2 aliphatic heterocycles. The third kappa shape index (κ3) is 4.67. The number of piperidine rings is 1. The van der Waals surface area contributed by atoms with Gasteiger partial charge in [-0.05, 0) is 54.8 Å². The first-order valence-electron chi connectivity index (χ1n) is 10.0. The second-order valence-electron chi connectivity index (χ2n) is 8.00. The zero-order valence-electron chi connectivity index (χ0n) is 16.6. The molecule has 31 heavy (non-hydrogen) atoms. The van der Waals surface area contributed by atoms with Crippen molar-refractivity contribution in [1.29, 1.82) is 0 Å². The number of rotatable bonds is 4. The molecule has 1 atom stereocenters. The van der Waals surface area contributed by atoms with Crippen LogP contribution in [-0.4, -0.2) is 48.4 Å². The SMILES string of the molecule is O=C1OC(CN2CCC(O)(c3cccc(C(F)(F)F)c3)CC2)CN1c1ccc(F)cc1. The summed E-state index contributed by atoms with van der Waals surface area (Å²) in [5, 5.41) is 10.9. The summed E-state index contributed by atoms with van der Waals surface area (Å²) in [6, 6.07) is 10.4. The topological polar surface area (TPSA) is 53.0 Å². The maximum atomic E-state index is 13.1. The van der Waals surface area contributed by atoms with Crippen LogP contribution in [0.4, 0.5) is 28.0 Å². The summed E-state index contributed by atoms with van der Waals surface area (Å²) in [7, 11) is 0. The largest absolute Gasteiger partial charge is 0.443 e. The number of nitrogens with zero attached hydrogens (tertiary/aromatic N) is 2. The molecule has 1 amide bonds. The summed E-state index contributed by atoms with van der Waals surface area (Å²) in [6.45, 7) is 1.68. The molecular weight excluding hydrogens is 416 g/mol. The summed E-state index contributed by atoms with van der Waals surface area (Å²) in [5.74, 6) is -0.394. The molecule has 2 aromatic rings. The fourth-order valence-electron chi connectivity index (χ4n) is 4.12. The Kier molecular flexibility index (Phi) is 5.65. The van der Waals surface area contributed by atoms with E-state index in [1.807, 2.05) is 4.90 Å². The van der Waals surface area contributed by atoms with Crippen LogP contribution in [0, 0.1) is 5.82 Å². The van der Waals surface area contributed by atoms with Crippen LogP contribution in [-0.2, 0) is 16.5 Å². The van der Waals surface area contributed by atoms with Gasteiger partial charge in [0.15, 0.2) is 0 Å². The maximum Gasteiger partial charge on any atom is 0.416 e. The Morgan fingerprint density at radius 1 is 1.10 bits per heavy atom. The Bertz CT molecular complexity index is 941. The first-order valence-corrected chi connectivity index (χ1v) is 10.0. The van der Waals surface area contributed by atoms with Gasteiger partial charge >= 0.3 is 12.3 Å². The van der Waals surface area contributed by atoms with Gasteiger partial charge in [-0.3, -0.25) is 9.80 Å². The Hall–Kier alpha value is -2.65. The molecule has 166 valence electrons. The van der Waals surface area contributed by atoms with E-state index in [0.29, 0.717) is 31.9 Å². The van der Waals surface area contributed by atoms with Gasteiger partial charge in [-0.15, -0.1) is 0 Å². The summed E-state index contributed by atoms with van der Waals surface area (Å²) in [5.41, 5.74) is -1.30. The molecule has 2 saturated heterocycles. The van der Waals surface area contributed by atoms with Crippen molar-refractivity contribution in [3.63, 3.8) is 0 Å². The number of carbonyl (C=O) groups is 1. The molecular formula is C22H22F4N2O3. The summed E-state index contributed by atoms with van der Waals surface area (Å²) in [4.78, 5) is 15.6. The van der Waals surface area contributed by atoms with E-state index < -0.39 is 35.4 Å². The van der Waals surface area contributed by atoms with Gasteiger partial charge in [0.05, 0.1) is 17.7 Å². The highest BCUT2D eigenvalue weighted by Gasteiger charge is 2.39. The molecule has 5 nitrogen and oxygen atoms in total. The van der Waals surface area contributed by atoms with Crippen molar-refractivity contribution in [2.45, 2.75) is 30.7 Å². The van der Waals surface area contributed by atoms with Crippen molar-refractivity contribution in [2.24, 2.45) is 0 Å². The number of hydrogen-bond acceptors (Lipinski definition) is 4. The molecule has 0 spiro atoms. The molecule has 0 aliphatic carbocycles. The standard InChI is InChI=1S/C22H22F4N2O3/c23-17-4-6-18(7-5-17)28-14-19(31-20(28)29)13-27-10-8-21(30,9-11-27)15-2-1-3-16(12-15)22(24,25)26/h1-7,12,19,30H,8-11,13-14H2. The van der Waals surface area contributed by atoms with Gasteiger partial charge in [0.25, 0.3) is 0 Å². The number of likely N-dealkylation sites (tertiary alicyclic amines) is 1. The van der Waals surface area contributed by atoms with E-state index in [0.717, 1.165) is 12.1 Å². The molecule has 2 aliphatic rings. The molecule has 2 heterocycles. The van der Waals surface area contributed by atoms with E-state index in [-0.39, 0.29) is 18.4 Å². The number of carbonyl (C=O) groups excluding carboxylic acids is 1. The average molecular weight is 438 g/mol. The summed E-state index contributed by atoms with van der Waals surface area (Å²) >= 11 is 0. The Morgan fingerprint density at radius 2 is 1.77 bits per heavy atom. The highest BCUT2D eigenvalue weighted by atomic mass is 19.4. The van der Waals surface area contributed by atoms with Gasteiger partial charge in [-0.25, -0.2) is 9.18 Å². The second kappa shape index (κ2) is 8.12. The molecule has 2 aromatic carbocycles. The Balaban J connectivity index is 1.35. The lowest BCUT2D eigenvalue weighted by Crippen LogP contribution is -2.45. The van der Waals surface area contributed by atoms with Crippen LogP contribution in [0.15, 0.2) is 48.5 Å². The highest BCUT2D eigenvalue weighted by molar-refractivity contribution is 5.89. The molecule has 1 unspecified atom stereocenters. The Morgan fingerprint density at radius 3 is 2.42 bits per heavy atom. The van der Waals surface area contributed by atoms with Crippen LogP contribution in [0.5, 0.6) is 0 Å². The predicted molar refractivity (Wildman–Crippen MR) is 105 cm³/mol. The van der Waals surface area contributed by atoms with Crippen molar-refractivity contribution < 1.29 is 32.2 Å². The number of halogens is 4. The van der Waals surface area contributed by atoms with Gasteiger partial charge < -0.3 is 9.84 Å². The normalized spacial score (nSPS) is 21.9. The van der Waals surface area contributed by atoms with Gasteiger partial charge in [0, 0.05) is 25.3 Å². The number of ether oxygens (including phenoxy) is 1. The van der Waals surface area contributed by atoms with Gasteiger partial charge in [-0.2, -0.15) is 13.2 Å². The van der Waals surface area contributed by atoms with Crippen LogP contribution in [0.3, 0.4) is 0 Å². The van der Waals surface area contributed by atoms with Gasteiger partial charge in [-0.1, -0.05) is 12.1 Å². The lowest BCUT2D eigenvalue weighted by atomic mass is 9.83. The zero-order valence-corrected chi connectivity index (χ0v) is 16.6. The van der Waals surface area contributed by atoms with Crippen molar-refractivity contribution in [1.82, 2.24) is 4.90 Å². The number of benzene rings is 2. The van der Waals surface area contributed by atoms with Crippen molar-refractivity contribution in [2.75, 3.05) is 31.1 Å². The zero-order chi connectivity index (χ0) is 22.2. The predicted octanol–water partition coefficient (Wildman–Crippen LogP) is 4.15. The summed E-state index contributed by atoms with van der Waals surface area (Å²) in [6.07, 6.45) is -4.81. The highest BCUT2D eigenvalue weighted by Crippen LogP contribution is 2.37. The van der Waals surface area contributed by atoms with Crippen molar-refractivity contribution in [3.05, 3.63) is 65.5 Å². The van der Waals surface area contributed by atoms with E-state index >= 15 is 0 Å². The van der Waals surface area contributed by atoms with Crippen LogP contribution < -0.4 is 4.90 Å². The van der Waals surface area contributed by atoms with E-state index in [1.165, 1.54) is 41.3 Å². The number of anilines is 1. The quantitative estimate of drug-likeness (QED) is 0.729. The molecule has 0 bridgehead atoms. The molecule has 9 heteroatoms. The number of cyclic esters (lactones) is 1. The fraction of sp³-hybridized carbons (Fsp3) is 0.409. The van der Waals surface area contributed by atoms with E-state index in [1.54, 1.807) is 0 Å². The molecule has 0 radical (unpaired) electrons. The monoisotopic (exact) mass is 438 g/mol. The number of alkyl halides is 3.